The maximum atomic E-state index is 13.1. The van der Waals surface area contributed by atoms with Crippen LogP contribution in [0.4, 0.5) is 0 Å². The smallest absolute Gasteiger partial charge is 0.119 e. The molecule has 1 aliphatic heterocycles. The molecule has 2 nitrogen and oxygen atoms in total. The lowest BCUT2D eigenvalue weighted by atomic mass is 9.99. The molecule has 1 saturated heterocycles. The molecule has 1 aliphatic rings. The molecule has 0 aromatic heterocycles. The number of benzene rings is 2. The Balaban J connectivity index is 1.84. The fourth-order valence-corrected chi connectivity index (χ4v) is 6.21. The van der Waals surface area contributed by atoms with E-state index >= 15 is 0 Å². The summed E-state index contributed by atoms with van der Waals surface area (Å²) < 4.78 is 18.4. The van der Waals surface area contributed by atoms with Gasteiger partial charge < -0.3 is 9.30 Å². The minimum absolute atomic E-state index is 0.385. The highest BCUT2D eigenvalue weighted by Gasteiger charge is 2.36. The van der Waals surface area contributed by atoms with Gasteiger partial charge in [0.05, 0.1) is 7.11 Å². The van der Waals surface area contributed by atoms with Crippen molar-refractivity contribution in [3.63, 3.8) is 0 Å². The molecule has 2 atom stereocenters. The standard InChI is InChI=1S/C17H19O2P/c1-19-16-7-5-6-14(12-16)15-10-11-20(18,13-15)17-8-3-2-4-9-17/h2-9,12,15H,10-11,13H2,1H3/t15-,20+/m1/s1. The number of ether oxygens (including phenoxy) is 1. The second kappa shape index (κ2) is 5.46. The molecule has 0 N–H and O–H groups in total. The molecule has 0 radical (unpaired) electrons. The summed E-state index contributed by atoms with van der Waals surface area (Å²) in [5.74, 6) is 1.26. The second-order valence-corrected chi connectivity index (χ2v) is 8.50. The Morgan fingerprint density at radius 3 is 2.65 bits per heavy atom. The van der Waals surface area contributed by atoms with Crippen molar-refractivity contribution in [1.82, 2.24) is 0 Å². The maximum Gasteiger partial charge on any atom is 0.119 e. The lowest BCUT2D eigenvalue weighted by molar-refractivity contribution is 0.414. The first-order chi connectivity index (χ1) is 9.71. The van der Waals surface area contributed by atoms with Crippen LogP contribution in [0.3, 0.4) is 0 Å². The molecule has 0 spiro atoms. The lowest BCUT2D eigenvalue weighted by Crippen LogP contribution is -2.06. The third-order valence-electron chi connectivity index (χ3n) is 4.15. The van der Waals surface area contributed by atoms with Crippen molar-refractivity contribution in [2.75, 3.05) is 19.4 Å². The summed E-state index contributed by atoms with van der Waals surface area (Å²) in [5.41, 5.74) is 1.25. The first kappa shape index (κ1) is 13.5. The summed E-state index contributed by atoms with van der Waals surface area (Å²) in [6.07, 6.45) is 2.60. The van der Waals surface area contributed by atoms with Crippen molar-refractivity contribution in [1.29, 1.82) is 0 Å². The van der Waals surface area contributed by atoms with Gasteiger partial charge in [-0.05, 0) is 30.0 Å². The molecule has 104 valence electrons. The Labute approximate surface area is 120 Å². The van der Waals surface area contributed by atoms with Crippen molar-refractivity contribution in [2.24, 2.45) is 0 Å². The topological polar surface area (TPSA) is 26.3 Å². The van der Waals surface area contributed by atoms with Crippen LogP contribution in [0.1, 0.15) is 17.9 Å². The zero-order valence-electron chi connectivity index (χ0n) is 11.7. The second-order valence-electron chi connectivity index (χ2n) is 5.39. The largest absolute Gasteiger partial charge is 0.497 e. The van der Waals surface area contributed by atoms with Gasteiger partial charge in [0.2, 0.25) is 0 Å². The third-order valence-corrected chi connectivity index (χ3v) is 7.40. The van der Waals surface area contributed by atoms with E-state index in [-0.39, 0.29) is 0 Å². The Morgan fingerprint density at radius 2 is 1.90 bits per heavy atom. The van der Waals surface area contributed by atoms with Gasteiger partial charge in [-0.3, -0.25) is 0 Å². The molecule has 3 heteroatoms. The van der Waals surface area contributed by atoms with Crippen molar-refractivity contribution < 1.29 is 9.30 Å². The van der Waals surface area contributed by atoms with Crippen molar-refractivity contribution in [3.05, 3.63) is 60.2 Å². The lowest BCUT2D eigenvalue weighted by Gasteiger charge is -2.14. The van der Waals surface area contributed by atoms with Gasteiger partial charge in [0.25, 0.3) is 0 Å². The Morgan fingerprint density at radius 1 is 1.10 bits per heavy atom. The van der Waals surface area contributed by atoms with Crippen molar-refractivity contribution in [2.45, 2.75) is 12.3 Å². The van der Waals surface area contributed by atoms with Crippen molar-refractivity contribution in [3.8, 4) is 5.75 Å². The third kappa shape index (κ3) is 2.53. The molecule has 3 rings (SSSR count). The molecule has 0 saturated carbocycles. The van der Waals surface area contributed by atoms with E-state index in [4.69, 9.17) is 4.74 Å². The van der Waals surface area contributed by atoms with Gasteiger partial charge in [0.15, 0.2) is 0 Å². The Bertz CT molecular complexity index is 636. The quantitative estimate of drug-likeness (QED) is 0.801. The minimum atomic E-state index is -2.21. The van der Waals surface area contributed by atoms with Crippen LogP contribution in [0, 0.1) is 0 Å². The zero-order valence-corrected chi connectivity index (χ0v) is 12.6. The van der Waals surface area contributed by atoms with Crippen LogP contribution in [0.5, 0.6) is 5.75 Å². The SMILES string of the molecule is COc1cccc([C@@H]2CC[P@@](=O)(c3ccccc3)C2)c1. The van der Waals surface area contributed by atoms with Crippen LogP contribution in [-0.2, 0) is 4.57 Å². The van der Waals surface area contributed by atoms with Crippen LogP contribution in [0.2, 0.25) is 0 Å². The fraction of sp³-hybridized carbons (Fsp3) is 0.294. The summed E-state index contributed by atoms with van der Waals surface area (Å²) in [6, 6.07) is 18.1. The molecule has 0 unspecified atom stereocenters. The molecular formula is C17H19O2P. The van der Waals surface area contributed by atoms with Gasteiger partial charge in [-0.25, -0.2) is 0 Å². The summed E-state index contributed by atoms with van der Waals surface area (Å²) in [6.45, 7) is 0. The maximum absolute atomic E-state index is 13.1. The van der Waals surface area contributed by atoms with Crippen LogP contribution < -0.4 is 10.0 Å². The monoisotopic (exact) mass is 286 g/mol. The molecule has 1 heterocycles. The summed E-state index contributed by atoms with van der Waals surface area (Å²) in [4.78, 5) is 0. The average molecular weight is 286 g/mol. The van der Waals surface area contributed by atoms with Crippen LogP contribution in [0.25, 0.3) is 0 Å². The van der Waals surface area contributed by atoms with E-state index in [1.807, 2.05) is 42.5 Å². The molecule has 20 heavy (non-hydrogen) atoms. The number of hydrogen-bond donors (Lipinski definition) is 0. The Hall–Kier alpha value is -1.53. The van der Waals surface area contributed by atoms with Gasteiger partial charge in [-0.1, -0.05) is 42.5 Å². The number of hydrogen-bond acceptors (Lipinski definition) is 2. The van der Waals surface area contributed by atoms with E-state index in [9.17, 15) is 4.57 Å². The predicted octanol–water partition coefficient (Wildman–Crippen LogP) is 3.87. The first-order valence-electron chi connectivity index (χ1n) is 6.99. The normalized spacial score (nSPS) is 25.6. The van der Waals surface area contributed by atoms with E-state index in [1.54, 1.807) is 7.11 Å². The van der Waals surface area contributed by atoms with E-state index in [1.165, 1.54) is 5.56 Å². The minimum Gasteiger partial charge on any atom is -0.497 e. The van der Waals surface area contributed by atoms with E-state index in [0.29, 0.717) is 5.92 Å². The molecule has 2 aromatic rings. The van der Waals surface area contributed by atoms with Gasteiger partial charge in [0.1, 0.15) is 12.9 Å². The molecule has 0 aliphatic carbocycles. The highest BCUT2D eigenvalue weighted by atomic mass is 31.2. The molecule has 0 bridgehead atoms. The molecule has 0 amide bonds. The summed E-state index contributed by atoms with van der Waals surface area (Å²) >= 11 is 0. The zero-order chi connectivity index (χ0) is 14.0. The molecule has 1 fully saturated rings. The van der Waals surface area contributed by atoms with Crippen LogP contribution in [-0.4, -0.2) is 19.4 Å². The molecule has 2 aromatic carbocycles. The van der Waals surface area contributed by atoms with Crippen LogP contribution >= 0.6 is 7.14 Å². The highest BCUT2D eigenvalue weighted by Crippen LogP contribution is 2.55. The van der Waals surface area contributed by atoms with Gasteiger partial charge >= 0.3 is 0 Å². The fourth-order valence-electron chi connectivity index (χ4n) is 3.00. The van der Waals surface area contributed by atoms with Gasteiger partial charge in [0, 0.05) is 17.6 Å². The highest BCUT2D eigenvalue weighted by molar-refractivity contribution is 7.71. The first-order valence-corrected chi connectivity index (χ1v) is 9.07. The predicted molar refractivity (Wildman–Crippen MR) is 83.8 cm³/mol. The number of rotatable bonds is 3. The van der Waals surface area contributed by atoms with Gasteiger partial charge in [-0.2, -0.15) is 0 Å². The van der Waals surface area contributed by atoms with Crippen LogP contribution in [0.15, 0.2) is 54.6 Å². The summed E-state index contributed by atoms with van der Waals surface area (Å²) in [5, 5.41) is 1.03. The van der Waals surface area contributed by atoms with E-state index in [2.05, 4.69) is 12.1 Å². The van der Waals surface area contributed by atoms with Gasteiger partial charge in [-0.15, -0.1) is 0 Å². The van der Waals surface area contributed by atoms with Crippen molar-refractivity contribution >= 4 is 12.4 Å². The Kier molecular flexibility index (Phi) is 3.67. The summed E-state index contributed by atoms with van der Waals surface area (Å²) in [7, 11) is -0.525. The molecular weight excluding hydrogens is 267 g/mol. The average Bonchev–Trinajstić information content (AvgIpc) is 2.92. The number of methoxy groups -OCH3 is 1. The van der Waals surface area contributed by atoms with E-state index < -0.39 is 7.14 Å². The van der Waals surface area contributed by atoms with E-state index in [0.717, 1.165) is 29.8 Å².